The van der Waals surface area contributed by atoms with Gasteiger partial charge in [0.25, 0.3) is 0 Å². The Morgan fingerprint density at radius 3 is 2.87 bits per heavy atom. The number of hydrogen-bond donors (Lipinski definition) is 1. The second kappa shape index (κ2) is 4.99. The van der Waals surface area contributed by atoms with Crippen molar-refractivity contribution in [1.82, 2.24) is 0 Å². The van der Waals surface area contributed by atoms with Gasteiger partial charge in [-0.1, -0.05) is 19.1 Å². The maximum Gasteiger partial charge on any atom is 0.115 e. The molecule has 0 aromatic heterocycles. The zero-order valence-corrected chi connectivity index (χ0v) is 10.2. The minimum atomic E-state index is 0.415. The van der Waals surface area contributed by atoms with Crippen molar-refractivity contribution in [3.8, 4) is 5.75 Å². The summed E-state index contributed by atoms with van der Waals surface area (Å²) in [5.41, 5.74) is 1.35. The monoisotopic (exact) mass is 222 g/mol. The fraction of sp³-hybridized carbons (Fsp3) is 0.538. The zero-order chi connectivity index (χ0) is 10.7. The van der Waals surface area contributed by atoms with E-state index in [4.69, 9.17) is 0 Å². The Bertz CT molecular complexity index is 320. The van der Waals surface area contributed by atoms with E-state index in [1.165, 1.54) is 30.7 Å². The molecule has 1 nitrogen and oxygen atoms in total. The molecule has 0 heterocycles. The molecule has 2 rings (SSSR count). The highest BCUT2D eigenvalue weighted by Gasteiger charge is 2.31. The van der Waals surface area contributed by atoms with E-state index < -0.39 is 0 Å². The first-order chi connectivity index (χ1) is 7.31. The highest BCUT2D eigenvalue weighted by molar-refractivity contribution is 7.37. The summed E-state index contributed by atoms with van der Waals surface area (Å²) in [6.45, 7) is 2.25. The summed E-state index contributed by atoms with van der Waals surface area (Å²) in [4.78, 5) is 0. The first-order valence-corrected chi connectivity index (χ1v) is 7.22. The van der Waals surface area contributed by atoms with Crippen LogP contribution in [0.3, 0.4) is 0 Å². The smallest absolute Gasteiger partial charge is 0.115 e. The van der Waals surface area contributed by atoms with E-state index in [0.29, 0.717) is 11.7 Å². The van der Waals surface area contributed by atoms with E-state index in [1.807, 2.05) is 12.1 Å². The fourth-order valence-corrected chi connectivity index (χ4v) is 3.28. The third-order valence-corrected chi connectivity index (χ3v) is 4.33. The molecule has 2 heteroatoms. The van der Waals surface area contributed by atoms with Crippen LogP contribution in [0.1, 0.15) is 31.2 Å². The van der Waals surface area contributed by atoms with Crippen molar-refractivity contribution in [1.29, 1.82) is 0 Å². The Morgan fingerprint density at radius 2 is 2.27 bits per heavy atom. The molecule has 0 amide bonds. The Morgan fingerprint density at radius 1 is 1.47 bits per heavy atom. The van der Waals surface area contributed by atoms with E-state index in [9.17, 15) is 5.11 Å². The molecule has 1 aromatic carbocycles. The van der Waals surface area contributed by atoms with E-state index in [-0.39, 0.29) is 0 Å². The average Bonchev–Trinajstić information content (AvgIpc) is 3.03. The lowest BCUT2D eigenvalue weighted by molar-refractivity contribution is 0.473. The molecule has 1 aromatic rings. The summed E-state index contributed by atoms with van der Waals surface area (Å²) in [5, 5.41) is 9.49. The quantitative estimate of drug-likeness (QED) is 0.755. The summed E-state index contributed by atoms with van der Waals surface area (Å²) >= 11 is 0. The third kappa shape index (κ3) is 2.95. The lowest BCUT2D eigenvalue weighted by atomic mass is 9.96. The maximum absolute atomic E-state index is 9.49. The largest absolute Gasteiger partial charge is 0.508 e. The number of hydrogen-bond acceptors (Lipinski definition) is 1. The molecule has 0 bridgehead atoms. The number of rotatable bonds is 5. The molecular weight excluding hydrogens is 203 g/mol. The van der Waals surface area contributed by atoms with Gasteiger partial charge >= 0.3 is 0 Å². The number of aromatic hydroxyl groups is 1. The lowest BCUT2D eigenvalue weighted by Gasteiger charge is -2.16. The predicted molar refractivity (Wildman–Crippen MR) is 67.3 cm³/mol. The molecule has 1 aliphatic rings. The van der Waals surface area contributed by atoms with E-state index in [2.05, 4.69) is 13.0 Å². The fourth-order valence-electron chi connectivity index (χ4n) is 2.11. The van der Waals surface area contributed by atoms with Gasteiger partial charge in [0.2, 0.25) is 0 Å². The van der Waals surface area contributed by atoms with E-state index >= 15 is 0 Å². The van der Waals surface area contributed by atoms with Crippen LogP contribution in [0.15, 0.2) is 24.3 Å². The van der Waals surface area contributed by atoms with Crippen molar-refractivity contribution in [2.24, 2.45) is 5.92 Å². The first-order valence-electron chi connectivity index (χ1n) is 5.81. The van der Waals surface area contributed by atoms with Gasteiger partial charge in [0.15, 0.2) is 0 Å². The normalized spacial score (nSPS) is 18.5. The Hall–Kier alpha value is -0.550. The number of phenolic OH excluding ortho intramolecular Hbond substituents is 1. The average molecular weight is 222 g/mol. The van der Waals surface area contributed by atoms with Crippen molar-refractivity contribution in [2.45, 2.75) is 25.7 Å². The second-order valence-electron chi connectivity index (χ2n) is 4.35. The van der Waals surface area contributed by atoms with E-state index in [0.717, 1.165) is 14.5 Å². The van der Waals surface area contributed by atoms with Gasteiger partial charge in [-0.15, -0.1) is 8.58 Å². The molecule has 1 aliphatic carbocycles. The minimum absolute atomic E-state index is 0.415. The van der Waals surface area contributed by atoms with Crippen LogP contribution in [0, 0.1) is 5.92 Å². The van der Waals surface area contributed by atoms with Gasteiger partial charge in [-0.2, -0.15) is 0 Å². The summed E-state index contributed by atoms with van der Waals surface area (Å²) in [6.07, 6.45) is 5.37. The Labute approximate surface area is 93.7 Å². The van der Waals surface area contributed by atoms with E-state index in [1.54, 1.807) is 6.07 Å². The Balaban J connectivity index is 2.09. The molecule has 2 atom stereocenters. The first kappa shape index (κ1) is 11.0. The SMILES string of the molecule is CCPCC(c1cccc(O)c1)C1CC1. The highest BCUT2D eigenvalue weighted by atomic mass is 31.1. The molecule has 1 saturated carbocycles. The molecule has 0 saturated heterocycles. The van der Waals surface area contributed by atoms with Gasteiger partial charge in [0, 0.05) is 0 Å². The van der Waals surface area contributed by atoms with Gasteiger partial charge < -0.3 is 5.11 Å². The van der Waals surface area contributed by atoms with Crippen LogP contribution in [-0.4, -0.2) is 17.4 Å². The van der Waals surface area contributed by atoms with Crippen LogP contribution in [0.4, 0.5) is 0 Å². The molecule has 15 heavy (non-hydrogen) atoms. The summed E-state index contributed by atoms with van der Waals surface area (Å²) in [5.74, 6) is 2.01. The van der Waals surface area contributed by atoms with Crippen LogP contribution >= 0.6 is 8.58 Å². The van der Waals surface area contributed by atoms with Gasteiger partial charge in [0.1, 0.15) is 5.75 Å². The van der Waals surface area contributed by atoms with Gasteiger partial charge in [0.05, 0.1) is 0 Å². The van der Waals surface area contributed by atoms with Gasteiger partial charge in [-0.25, -0.2) is 0 Å². The second-order valence-corrected chi connectivity index (χ2v) is 5.96. The lowest BCUT2D eigenvalue weighted by Crippen LogP contribution is -2.03. The number of benzene rings is 1. The minimum Gasteiger partial charge on any atom is -0.508 e. The van der Waals surface area contributed by atoms with Gasteiger partial charge in [-0.3, -0.25) is 0 Å². The molecule has 1 N–H and O–H groups in total. The van der Waals surface area contributed by atoms with Gasteiger partial charge in [-0.05, 0) is 54.7 Å². The van der Waals surface area contributed by atoms with Crippen molar-refractivity contribution in [3.05, 3.63) is 29.8 Å². The molecular formula is C13H19OP. The molecule has 2 unspecified atom stereocenters. The summed E-state index contributed by atoms with van der Waals surface area (Å²) in [6, 6.07) is 7.84. The van der Waals surface area contributed by atoms with Crippen molar-refractivity contribution < 1.29 is 5.11 Å². The zero-order valence-electron chi connectivity index (χ0n) is 9.24. The molecule has 0 radical (unpaired) electrons. The Kier molecular flexibility index (Phi) is 3.64. The third-order valence-electron chi connectivity index (χ3n) is 3.10. The number of phenols is 1. The summed E-state index contributed by atoms with van der Waals surface area (Å²) < 4.78 is 0. The topological polar surface area (TPSA) is 20.2 Å². The standard InChI is InChI=1S/C13H19OP/c1-2-15-9-13(10-6-7-10)11-4-3-5-12(14)8-11/h3-5,8,10,13-15H,2,6-7,9H2,1H3. The van der Waals surface area contributed by atoms with Crippen LogP contribution in [0.25, 0.3) is 0 Å². The van der Waals surface area contributed by atoms with Crippen LogP contribution < -0.4 is 0 Å². The van der Waals surface area contributed by atoms with Crippen LogP contribution in [0.2, 0.25) is 0 Å². The van der Waals surface area contributed by atoms with Crippen molar-refractivity contribution in [2.75, 3.05) is 12.3 Å². The van der Waals surface area contributed by atoms with Crippen molar-refractivity contribution in [3.63, 3.8) is 0 Å². The van der Waals surface area contributed by atoms with Crippen molar-refractivity contribution >= 4 is 8.58 Å². The highest BCUT2D eigenvalue weighted by Crippen LogP contribution is 2.45. The molecule has 82 valence electrons. The maximum atomic E-state index is 9.49. The van der Waals surface area contributed by atoms with Crippen LogP contribution in [-0.2, 0) is 0 Å². The molecule has 0 aliphatic heterocycles. The van der Waals surface area contributed by atoms with Crippen LogP contribution in [0.5, 0.6) is 5.75 Å². The predicted octanol–water partition coefficient (Wildman–Crippen LogP) is 3.58. The molecule has 1 fully saturated rings. The molecule has 0 spiro atoms. The summed E-state index contributed by atoms with van der Waals surface area (Å²) in [7, 11) is 1.07.